The van der Waals surface area contributed by atoms with Crippen molar-refractivity contribution in [1.29, 1.82) is 0 Å². The third-order valence-corrected chi connectivity index (χ3v) is 4.37. The van der Waals surface area contributed by atoms with E-state index in [1.807, 2.05) is 54.3 Å². The van der Waals surface area contributed by atoms with E-state index in [0.29, 0.717) is 6.54 Å². The summed E-state index contributed by atoms with van der Waals surface area (Å²) in [6, 6.07) is 12.1. The van der Waals surface area contributed by atoms with Gasteiger partial charge in [0.1, 0.15) is 0 Å². The molecule has 0 unspecified atom stereocenters. The number of rotatable bonds is 9. The lowest BCUT2D eigenvalue weighted by atomic mass is 10.3. The van der Waals surface area contributed by atoms with Crippen LogP contribution in [-0.4, -0.2) is 54.0 Å². The number of hydrogen-bond acceptors (Lipinski definition) is 3. The average molecular weight is 355 g/mol. The zero-order chi connectivity index (χ0) is 18.2. The molecule has 1 aromatic heterocycles. The Balaban J connectivity index is 1.53. The van der Waals surface area contributed by atoms with E-state index < -0.39 is 0 Å². The van der Waals surface area contributed by atoms with E-state index >= 15 is 0 Å². The minimum absolute atomic E-state index is 0.551. The second-order valence-corrected chi connectivity index (χ2v) is 6.70. The number of guanidine groups is 1. The van der Waals surface area contributed by atoms with Gasteiger partial charge < -0.3 is 15.0 Å². The average Bonchev–Trinajstić information content (AvgIpc) is 3.38. The second kappa shape index (κ2) is 9.38. The maximum Gasteiger partial charge on any atom is 0.194 e. The van der Waals surface area contributed by atoms with E-state index in [4.69, 9.17) is 9.73 Å². The molecule has 3 rings (SSSR count). The molecule has 0 saturated heterocycles. The Labute approximate surface area is 155 Å². The van der Waals surface area contributed by atoms with Crippen LogP contribution in [0.25, 0.3) is 5.69 Å². The van der Waals surface area contributed by atoms with Crippen LogP contribution >= 0.6 is 0 Å². The highest BCUT2D eigenvalue weighted by atomic mass is 16.5. The lowest BCUT2D eigenvalue weighted by Crippen LogP contribution is -2.40. The fourth-order valence-electron chi connectivity index (χ4n) is 2.64. The smallest absolute Gasteiger partial charge is 0.194 e. The van der Waals surface area contributed by atoms with Gasteiger partial charge in [0, 0.05) is 32.9 Å². The molecule has 6 heteroatoms. The van der Waals surface area contributed by atoms with Crippen molar-refractivity contribution >= 4 is 5.96 Å². The molecule has 140 valence electrons. The molecular weight excluding hydrogens is 326 g/mol. The van der Waals surface area contributed by atoms with E-state index in [9.17, 15) is 0 Å². The Morgan fingerprint density at radius 2 is 2.12 bits per heavy atom. The molecule has 0 amide bonds. The number of aromatic nitrogens is 2. The topological polar surface area (TPSA) is 54.7 Å². The zero-order valence-electron chi connectivity index (χ0n) is 15.8. The van der Waals surface area contributed by atoms with Crippen molar-refractivity contribution < 1.29 is 4.74 Å². The third kappa shape index (κ3) is 5.59. The quantitative estimate of drug-likeness (QED) is 0.427. The van der Waals surface area contributed by atoms with Crippen LogP contribution < -0.4 is 5.32 Å². The summed E-state index contributed by atoms with van der Waals surface area (Å²) in [4.78, 5) is 6.83. The van der Waals surface area contributed by atoms with Gasteiger partial charge in [0.05, 0.1) is 24.5 Å². The molecule has 2 aromatic rings. The predicted molar refractivity (Wildman–Crippen MR) is 105 cm³/mol. The van der Waals surface area contributed by atoms with Crippen molar-refractivity contribution in [1.82, 2.24) is 20.0 Å². The standard InChI is InChI=1S/C20H29N5O/c1-3-21-20(24(2)13-14-26-16-17-9-10-17)22-15-18-11-12-25(23-18)19-7-5-4-6-8-19/h4-8,11-12,17H,3,9-10,13-16H2,1-2H3,(H,21,22). The lowest BCUT2D eigenvalue weighted by Gasteiger charge is -2.21. The minimum atomic E-state index is 0.551. The predicted octanol–water partition coefficient (Wildman–Crippen LogP) is 2.70. The van der Waals surface area contributed by atoms with Crippen LogP contribution in [0.4, 0.5) is 0 Å². The van der Waals surface area contributed by atoms with Crippen molar-refractivity contribution in [3.05, 3.63) is 48.3 Å². The Morgan fingerprint density at radius 3 is 2.85 bits per heavy atom. The van der Waals surface area contributed by atoms with Gasteiger partial charge in [-0.25, -0.2) is 9.67 Å². The van der Waals surface area contributed by atoms with Gasteiger partial charge in [-0.2, -0.15) is 5.10 Å². The zero-order valence-corrected chi connectivity index (χ0v) is 15.8. The van der Waals surface area contributed by atoms with E-state index in [2.05, 4.69) is 22.2 Å². The SMILES string of the molecule is CCNC(=NCc1ccn(-c2ccccc2)n1)N(C)CCOCC1CC1. The fourth-order valence-corrected chi connectivity index (χ4v) is 2.64. The summed E-state index contributed by atoms with van der Waals surface area (Å²) in [5, 5.41) is 7.95. The van der Waals surface area contributed by atoms with Crippen LogP contribution in [0.2, 0.25) is 0 Å². The first kappa shape index (κ1) is 18.5. The molecule has 1 heterocycles. The first-order valence-electron chi connectivity index (χ1n) is 9.43. The number of aliphatic imine (C=N–C) groups is 1. The van der Waals surface area contributed by atoms with Gasteiger partial charge in [-0.05, 0) is 43.9 Å². The second-order valence-electron chi connectivity index (χ2n) is 6.70. The number of nitrogens with one attached hydrogen (secondary N) is 1. The molecule has 26 heavy (non-hydrogen) atoms. The Morgan fingerprint density at radius 1 is 1.31 bits per heavy atom. The third-order valence-electron chi connectivity index (χ3n) is 4.37. The van der Waals surface area contributed by atoms with Crippen LogP contribution in [0.1, 0.15) is 25.5 Å². The maximum absolute atomic E-state index is 5.73. The molecule has 6 nitrogen and oxygen atoms in total. The number of ether oxygens (including phenoxy) is 1. The van der Waals surface area contributed by atoms with Crippen molar-refractivity contribution in [3.63, 3.8) is 0 Å². The molecule has 1 aliphatic rings. The molecule has 0 spiro atoms. The molecule has 1 fully saturated rings. The van der Waals surface area contributed by atoms with Crippen LogP contribution in [0.15, 0.2) is 47.6 Å². The molecule has 1 aromatic carbocycles. The molecule has 0 aliphatic heterocycles. The first-order valence-corrected chi connectivity index (χ1v) is 9.43. The van der Waals surface area contributed by atoms with Crippen LogP contribution in [-0.2, 0) is 11.3 Å². The molecule has 0 radical (unpaired) electrons. The minimum Gasteiger partial charge on any atom is -0.379 e. The highest BCUT2D eigenvalue weighted by Gasteiger charge is 2.21. The summed E-state index contributed by atoms with van der Waals surface area (Å²) in [5.74, 6) is 1.69. The van der Waals surface area contributed by atoms with Crippen molar-refractivity contribution in [2.75, 3.05) is 33.4 Å². The summed E-state index contributed by atoms with van der Waals surface area (Å²) in [6.07, 6.45) is 4.63. The number of nitrogens with zero attached hydrogens (tertiary/aromatic N) is 4. The first-order chi connectivity index (χ1) is 12.8. The highest BCUT2D eigenvalue weighted by Crippen LogP contribution is 2.28. The van der Waals surface area contributed by atoms with E-state index in [-0.39, 0.29) is 0 Å². The lowest BCUT2D eigenvalue weighted by molar-refractivity contribution is 0.115. The van der Waals surface area contributed by atoms with E-state index in [0.717, 1.165) is 49.6 Å². The van der Waals surface area contributed by atoms with Crippen LogP contribution in [0.5, 0.6) is 0 Å². The summed E-state index contributed by atoms with van der Waals surface area (Å²) in [5.41, 5.74) is 2.00. The molecule has 0 bridgehead atoms. The molecule has 0 atom stereocenters. The molecule has 1 N–H and O–H groups in total. The molecule has 1 aliphatic carbocycles. The van der Waals surface area contributed by atoms with Crippen molar-refractivity contribution in [2.45, 2.75) is 26.3 Å². The van der Waals surface area contributed by atoms with E-state index in [1.165, 1.54) is 12.8 Å². The van der Waals surface area contributed by atoms with Gasteiger partial charge in [0.25, 0.3) is 0 Å². The summed E-state index contributed by atoms with van der Waals surface area (Å²) in [7, 11) is 2.05. The van der Waals surface area contributed by atoms with E-state index in [1.54, 1.807) is 0 Å². The van der Waals surface area contributed by atoms with Crippen molar-refractivity contribution in [3.8, 4) is 5.69 Å². The van der Waals surface area contributed by atoms with Gasteiger partial charge in [-0.3, -0.25) is 0 Å². The van der Waals surface area contributed by atoms with Gasteiger partial charge in [0.15, 0.2) is 5.96 Å². The van der Waals surface area contributed by atoms with Gasteiger partial charge >= 0.3 is 0 Å². The summed E-state index contributed by atoms with van der Waals surface area (Å²) < 4.78 is 7.61. The Hall–Kier alpha value is -2.34. The maximum atomic E-state index is 5.73. The largest absolute Gasteiger partial charge is 0.379 e. The number of benzene rings is 1. The summed E-state index contributed by atoms with van der Waals surface area (Å²) in [6.45, 7) is 5.94. The van der Waals surface area contributed by atoms with Crippen LogP contribution in [0, 0.1) is 5.92 Å². The highest BCUT2D eigenvalue weighted by molar-refractivity contribution is 5.79. The monoisotopic (exact) mass is 355 g/mol. The summed E-state index contributed by atoms with van der Waals surface area (Å²) >= 11 is 0. The van der Waals surface area contributed by atoms with Gasteiger partial charge in [-0.1, -0.05) is 18.2 Å². The van der Waals surface area contributed by atoms with Crippen molar-refractivity contribution in [2.24, 2.45) is 10.9 Å². The fraction of sp³-hybridized carbons (Fsp3) is 0.500. The van der Waals surface area contributed by atoms with Crippen LogP contribution in [0.3, 0.4) is 0 Å². The Bertz CT molecular complexity index is 693. The number of para-hydroxylation sites is 1. The Kier molecular flexibility index (Phi) is 6.66. The molecule has 1 saturated carbocycles. The molecular formula is C20H29N5O. The van der Waals surface area contributed by atoms with Gasteiger partial charge in [0.2, 0.25) is 0 Å². The van der Waals surface area contributed by atoms with Gasteiger partial charge in [-0.15, -0.1) is 0 Å². The number of hydrogen-bond donors (Lipinski definition) is 1. The normalized spacial score (nSPS) is 14.5. The number of likely N-dealkylation sites (N-methyl/N-ethyl adjacent to an activating group) is 1.